The van der Waals surface area contributed by atoms with Crippen molar-refractivity contribution in [3.8, 4) is 0 Å². The van der Waals surface area contributed by atoms with Gasteiger partial charge < -0.3 is 5.73 Å². The van der Waals surface area contributed by atoms with Crippen LogP contribution < -0.4 is 5.73 Å². The lowest BCUT2D eigenvalue weighted by Gasteiger charge is -2.15. The van der Waals surface area contributed by atoms with Gasteiger partial charge in [0.1, 0.15) is 5.82 Å². The minimum atomic E-state index is -0.349. The van der Waals surface area contributed by atoms with Crippen LogP contribution in [0.15, 0.2) is 18.2 Å². The highest BCUT2D eigenvalue weighted by Crippen LogP contribution is 2.18. The van der Waals surface area contributed by atoms with Crippen molar-refractivity contribution >= 4 is 11.6 Å². The standard InChI is InChI=1S/C11H14ClFN2/c12-10-2-1-8(5-11(10)13)6-15-4-3-9(14)7-15/h1-2,5,9H,3-4,6-7,14H2. The fourth-order valence-electron chi connectivity index (χ4n) is 1.90. The number of nitrogens with zero attached hydrogens (tertiary/aromatic N) is 1. The molecule has 2 nitrogen and oxygen atoms in total. The van der Waals surface area contributed by atoms with Crippen LogP contribution in [0.25, 0.3) is 0 Å². The summed E-state index contributed by atoms with van der Waals surface area (Å²) < 4.78 is 13.2. The number of hydrogen-bond donors (Lipinski definition) is 1. The van der Waals surface area contributed by atoms with Gasteiger partial charge in [-0.3, -0.25) is 4.90 Å². The van der Waals surface area contributed by atoms with Gasteiger partial charge in [0.15, 0.2) is 0 Å². The normalized spacial score (nSPS) is 22.2. The van der Waals surface area contributed by atoms with E-state index in [2.05, 4.69) is 4.90 Å². The Hall–Kier alpha value is -0.640. The Bertz CT molecular complexity index is 356. The highest BCUT2D eigenvalue weighted by atomic mass is 35.5. The van der Waals surface area contributed by atoms with Crippen LogP contribution in [0.3, 0.4) is 0 Å². The van der Waals surface area contributed by atoms with E-state index in [1.165, 1.54) is 6.07 Å². The van der Waals surface area contributed by atoms with Crippen LogP contribution in [0.2, 0.25) is 5.02 Å². The Morgan fingerprint density at radius 1 is 1.53 bits per heavy atom. The number of hydrogen-bond acceptors (Lipinski definition) is 2. The Morgan fingerprint density at radius 2 is 2.33 bits per heavy atom. The molecule has 2 N–H and O–H groups in total. The summed E-state index contributed by atoms with van der Waals surface area (Å²) in [4.78, 5) is 2.23. The van der Waals surface area contributed by atoms with Crippen molar-refractivity contribution in [1.29, 1.82) is 0 Å². The average Bonchev–Trinajstić information content (AvgIpc) is 2.58. The fourth-order valence-corrected chi connectivity index (χ4v) is 2.02. The third-order valence-corrected chi connectivity index (χ3v) is 3.01. The molecule has 0 spiro atoms. The van der Waals surface area contributed by atoms with Crippen molar-refractivity contribution in [3.63, 3.8) is 0 Å². The molecule has 0 saturated carbocycles. The van der Waals surface area contributed by atoms with Gasteiger partial charge in [-0.25, -0.2) is 4.39 Å². The summed E-state index contributed by atoms with van der Waals surface area (Å²) in [7, 11) is 0. The smallest absolute Gasteiger partial charge is 0.142 e. The van der Waals surface area contributed by atoms with Gasteiger partial charge in [0.05, 0.1) is 5.02 Å². The summed E-state index contributed by atoms with van der Waals surface area (Å²) in [5, 5.41) is 0.178. The molecule has 1 unspecified atom stereocenters. The zero-order chi connectivity index (χ0) is 10.8. The topological polar surface area (TPSA) is 29.3 Å². The molecule has 1 aliphatic rings. The first kappa shape index (κ1) is 10.9. The minimum absolute atomic E-state index is 0.178. The number of benzene rings is 1. The van der Waals surface area contributed by atoms with Crippen molar-refractivity contribution in [2.45, 2.75) is 19.0 Å². The summed E-state index contributed by atoms with van der Waals surface area (Å²) >= 11 is 5.61. The monoisotopic (exact) mass is 228 g/mol. The van der Waals surface area contributed by atoms with Gasteiger partial charge in [-0.1, -0.05) is 17.7 Å². The Morgan fingerprint density at radius 3 is 2.93 bits per heavy atom. The minimum Gasteiger partial charge on any atom is -0.326 e. The third-order valence-electron chi connectivity index (χ3n) is 2.70. The molecule has 0 aliphatic carbocycles. The van der Waals surface area contributed by atoms with E-state index >= 15 is 0 Å². The fraction of sp³-hybridized carbons (Fsp3) is 0.455. The number of nitrogens with two attached hydrogens (primary N) is 1. The van der Waals surface area contributed by atoms with E-state index in [-0.39, 0.29) is 16.9 Å². The van der Waals surface area contributed by atoms with Crippen LogP contribution in [0.1, 0.15) is 12.0 Å². The molecule has 1 aliphatic heterocycles. The molecular weight excluding hydrogens is 215 g/mol. The SMILES string of the molecule is NC1CCN(Cc2ccc(Cl)c(F)c2)C1. The molecule has 0 amide bonds. The van der Waals surface area contributed by atoms with Crippen molar-refractivity contribution in [3.05, 3.63) is 34.6 Å². The summed E-state index contributed by atoms with van der Waals surface area (Å²) in [5.41, 5.74) is 6.75. The van der Waals surface area contributed by atoms with E-state index < -0.39 is 0 Å². The zero-order valence-electron chi connectivity index (χ0n) is 8.42. The van der Waals surface area contributed by atoms with Crippen LogP contribution in [0.4, 0.5) is 4.39 Å². The molecule has 1 aromatic carbocycles. The molecule has 0 aromatic heterocycles. The molecule has 0 bridgehead atoms. The molecule has 1 saturated heterocycles. The average molecular weight is 229 g/mol. The van der Waals surface area contributed by atoms with Gasteiger partial charge in [0.25, 0.3) is 0 Å². The maximum Gasteiger partial charge on any atom is 0.142 e. The molecule has 1 aromatic rings. The van der Waals surface area contributed by atoms with E-state index in [9.17, 15) is 4.39 Å². The van der Waals surface area contributed by atoms with E-state index in [0.29, 0.717) is 0 Å². The van der Waals surface area contributed by atoms with Crippen LogP contribution >= 0.6 is 11.6 Å². The van der Waals surface area contributed by atoms with Gasteiger partial charge in [-0.2, -0.15) is 0 Å². The lowest BCUT2D eigenvalue weighted by atomic mass is 10.2. The molecule has 1 fully saturated rings. The predicted molar refractivity (Wildman–Crippen MR) is 59.3 cm³/mol. The molecule has 15 heavy (non-hydrogen) atoms. The van der Waals surface area contributed by atoms with Crippen LogP contribution in [0, 0.1) is 5.82 Å². The number of rotatable bonds is 2. The van der Waals surface area contributed by atoms with Gasteiger partial charge in [0.2, 0.25) is 0 Å². The van der Waals surface area contributed by atoms with E-state index in [1.54, 1.807) is 6.07 Å². The van der Waals surface area contributed by atoms with Gasteiger partial charge in [0, 0.05) is 25.7 Å². The first-order valence-electron chi connectivity index (χ1n) is 5.07. The quantitative estimate of drug-likeness (QED) is 0.839. The Balaban J connectivity index is 2.02. The summed E-state index contributed by atoms with van der Waals surface area (Å²) in [6.07, 6.45) is 1.02. The lowest BCUT2D eigenvalue weighted by molar-refractivity contribution is 0.326. The van der Waals surface area contributed by atoms with Crippen molar-refractivity contribution in [1.82, 2.24) is 4.90 Å². The first-order valence-corrected chi connectivity index (χ1v) is 5.45. The van der Waals surface area contributed by atoms with Crippen LogP contribution in [-0.2, 0) is 6.54 Å². The molecular formula is C11H14ClFN2. The first-order chi connectivity index (χ1) is 7.15. The third kappa shape index (κ3) is 2.68. The van der Waals surface area contributed by atoms with E-state index in [4.69, 9.17) is 17.3 Å². The second-order valence-corrected chi connectivity index (χ2v) is 4.44. The Kier molecular flexibility index (Phi) is 3.24. The maximum absolute atomic E-state index is 13.2. The van der Waals surface area contributed by atoms with Crippen molar-refractivity contribution in [2.75, 3.05) is 13.1 Å². The van der Waals surface area contributed by atoms with Crippen LogP contribution in [-0.4, -0.2) is 24.0 Å². The summed E-state index contributed by atoms with van der Waals surface area (Å²) in [6.45, 7) is 2.64. The van der Waals surface area contributed by atoms with Crippen molar-refractivity contribution in [2.24, 2.45) is 5.73 Å². The largest absolute Gasteiger partial charge is 0.326 e. The highest BCUT2D eigenvalue weighted by Gasteiger charge is 2.18. The summed E-state index contributed by atoms with van der Waals surface area (Å²) in [5.74, 6) is -0.349. The number of halogens is 2. The molecule has 1 heterocycles. The Labute approximate surface area is 93.8 Å². The molecule has 82 valence electrons. The molecule has 4 heteroatoms. The van der Waals surface area contributed by atoms with Gasteiger partial charge >= 0.3 is 0 Å². The predicted octanol–water partition coefficient (Wildman–Crippen LogP) is 2.01. The molecule has 1 atom stereocenters. The zero-order valence-corrected chi connectivity index (χ0v) is 9.17. The maximum atomic E-state index is 13.2. The highest BCUT2D eigenvalue weighted by molar-refractivity contribution is 6.30. The number of likely N-dealkylation sites (tertiary alicyclic amines) is 1. The lowest BCUT2D eigenvalue weighted by Crippen LogP contribution is -2.26. The molecule has 0 radical (unpaired) electrons. The second kappa shape index (κ2) is 4.47. The van der Waals surface area contributed by atoms with E-state index in [1.807, 2.05) is 6.07 Å². The second-order valence-electron chi connectivity index (χ2n) is 4.03. The van der Waals surface area contributed by atoms with E-state index in [0.717, 1.165) is 31.6 Å². The summed E-state index contributed by atoms with van der Waals surface area (Å²) in [6, 6.07) is 5.21. The van der Waals surface area contributed by atoms with Gasteiger partial charge in [-0.05, 0) is 24.1 Å². The van der Waals surface area contributed by atoms with Crippen LogP contribution in [0.5, 0.6) is 0 Å². The van der Waals surface area contributed by atoms with Crippen molar-refractivity contribution < 1.29 is 4.39 Å². The molecule has 2 rings (SSSR count). The van der Waals surface area contributed by atoms with Gasteiger partial charge in [-0.15, -0.1) is 0 Å².